The quantitative estimate of drug-likeness (QED) is 0.718. The van der Waals surface area contributed by atoms with E-state index in [-0.39, 0.29) is 11.8 Å². The van der Waals surface area contributed by atoms with Crippen LogP contribution < -0.4 is 10.1 Å². The highest BCUT2D eigenvalue weighted by molar-refractivity contribution is 7.05. The molecular formula is C18H19N5O2S. The Morgan fingerprint density at radius 1 is 1.19 bits per heavy atom. The monoisotopic (exact) mass is 369 g/mol. The first-order chi connectivity index (χ1) is 12.6. The molecule has 1 N–H and O–H groups in total. The maximum Gasteiger partial charge on any atom is 0.251 e. The SMILES string of the molecule is COc1ccc(-c2cccc(C(=O)NCc3snnc3C(C)C)c2)nn1. The molecule has 0 radical (unpaired) electrons. The Balaban J connectivity index is 1.72. The molecule has 0 aliphatic carbocycles. The molecule has 0 spiro atoms. The van der Waals surface area contributed by atoms with Crippen molar-refractivity contribution in [2.75, 3.05) is 7.11 Å². The van der Waals surface area contributed by atoms with Crippen molar-refractivity contribution < 1.29 is 9.53 Å². The average Bonchev–Trinajstić information content (AvgIpc) is 3.15. The van der Waals surface area contributed by atoms with Crippen molar-refractivity contribution in [1.82, 2.24) is 25.1 Å². The third kappa shape index (κ3) is 4.02. The Morgan fingerprint density at radius 3 is 2.73 bits per heavy atom. The molecular weight excluding hydrogens is 350 g/mol. The van der Waals surface area contributed by atoms with Crippen molar-refractivity contribution >= 4 is 17.4 Å². The maximum absolute atomic E-state index is 12.5. The predicted molar refractivity (Wildman–Crippen MR) is 99.2 cm³/mol. The number of aromatic nitrogens is 4. The number of nitrogens with one attached hydrogen (secondary N) is 1. The topological polar surface area (TPSA) is 89.9 Å². The molecule has 0 fully saturated rings. The number of ether oxygens (including phenoxy) is 1. The molecule has 1 aromatic carbocycles. The molecule has 8 heteroatoms. The van der Waals surface area contributed by atoms with E-state index in [1.807, 2.05) is 12.1 Å². The molecule has 1 amide bonds. The van der Waals surface area contributed by atoms with Gasteiger partial charge in [-0.2, -0.15) is 0 Å². The van der Waals surface area contributed by atoms with E-state index in [1.54, 1.807) is 24.3 Å². The average molecular weight is 369 g/mol. The van der Waals surface area contributed by atoms with Gasteiger partial charge in [0.15, 0.2) is 0 Å². The lowest BCUT2D eigenvalue weighted by molar-refractivity contribution is 0.0951. The molecule has 26 heavy (non-hydrogen) atoms. The number of carbonyl (C=O) groups is 1. The molecule has 0 saturated heterocycles. The summed E-state index contributed by atoms with van der Waals surface area (Å²) < 4.78 is 8.99. The second-order valence-corrected chi connectivity index (χ2v) is 6.80. The van der Waals surface area contributed by atoms with Gasteiger partial charge in [-0.1, -0.05) is 30.5 Å². The number of nitrogens with zero attached hydrogens (tertiary/aromatic N) is 4. The standard InChI is InChI=1S/C18H19N5O2S/c1-11(2)17-15(26-23-22-17)10-19-18(24)13-6-4-5-12(9-13)14-7-8-16(25-3)21-20-14/h4-9,11H,10H2,1-3H3,(H,19,24). The van der Waals surface area contributed by atoms with Crippen molar-refractivity contribution in [3.05, 3.63) is 52.5 Å². The van der Waals surface area contributed by atoms with Crippen LogP contribution in [0.15, 0.2) is 36.4 Å². The summed E-state index contributed by atoms with van der Waals surface area (Å²) in [4.78, 5) is 13.5. The lowest BCUT2D eigenvalue weighted by atomic mass is 10.1. The molecule has 3 rings (SSSR count). The lowest BCUT2D eigenvalue weighted by Crippen LogP contribution is -2.23. The highest BCUT2D eigenvalue weighted by Gasteiger charge is 2.14. The summed E-state index contributed by atoms with van der Waals surface area (Å²) in [5.74, 6) is 0.566. The fourth-order valence-corrected chi connectivity index (χ4v) is 3.18. The van der Waals surface area contributed by atoms with Crippen LogP contribution in [-0.2, 0) is 6.54 Å². The summed E-state index contributed by atoms with van der Waals surface area (Å²) in [5.41, 5.74) is 2.98. The van der Waals surface area contributed by atoms with Crippen LogP contribution in [0.3, 0.4) is 0 Å². The van der Waals surface area contributed by atoms with Crippen molar-refractivity contribution in [1.29, 1.82) is 0 Å². The summed E-state index contributed by atoms with van der Waals surface area (Å²) in [6.07, 6.45) is 0. The van der Waals surface area contributed by atoms with Crippen LogP contribution in [0.5, 0.6) is 5.88 Å². The van der Waals surface area contributed by atoms with Gasteiger partial charge in [-0.15, -0.1) is 15.3 Å². The fraction of sp³-hybridized carbons (Fsp3) is 0.278. The molecule has 0 aliphatic heterocycles. The molecule has 0 unspecified atom stereocenters. The van der Waals surface area contributed by atoms with E-state index in [9.17, 15) is 4.79 Å². The summed E-state index contributed by atoms with van der Waals surface area (Å²) in [6, 6.07) is 10.8. The summed E-state index contributed by atoms with van der Waals surface area (Å²) in [5, 5.41) is 15.1. The first kappa shape index (κ1) is 17.9. The molecule has 2 aromatic heterocycles. The summed E-state index contributed by atoms with van der Waals surface area (Å²) in [7, 11) is 1.54. The van der Waals surface area contributed by atoms with Gasteiger partial charge in [0, 0.05) is 17.2 Å². The van der Waals surface area contributed by atoms with Crippen molar-refractivity contribution in [3.8, 4) is 17.1 Å². The van der Waals surface area contributed by atoms with E-state index >= 15 is 0 Å². The van der Waals surface area contributed by atoms with E-state index in [0.717, 1.165) is 16.1 Å². The summed E-state index contributed by atoms with van der Waals surface area (Å²) in [6.45, 7) is 4.53. The summed E-state index contributed by atoms with van der Waals surface area (Å²) >= 11 is 1.31. The second kappa shape index (κ2) is 8.01. The number of amides is 1. The van der Waals surface area contributed by atoms with Crippen LogP contribution in [0.2, 0.25) is 0 Å². The highest BCUT2D eigenvalue weighted by atomic mass is 32.1. The Bertz CT molecular complexity index is 893. The number of rotatable bonds is 6. The van der Waals surface area contributed by atoms with Crippen LogP contribution in [-0.4, -0.2) is 32.8 Å². The van der Waals surface area contributed by atoms with Gasteiger partial charge < -0.3 is 10.1 Å². The van der Waals surface area contributed by atoms with Crippen molar-refractivity contribution in [3.63, 3.8) is 0 Å². The Hall–Kier alpha value is -2.87. The predicted octanol–water partition coefficient (Wildman–Crippen LogP) is 3.06. The highest BCUT2D eigenvalue weighted by Crippen LogP contribution is 2.21. The number of benzene rings is 1. The Kier molecular flexibility index (Phi) is 5.52. The smallest absolute Gasteiger partial charge is 0.251 e. The normalized spacial score (nSPS) is 10.8. The third-order valence-electron chi connectivity index (χ3n) is 3.81. The molecule has 3 aromatic rings. The first-order valence-corrected chi connectivity index (χ1v) is 8.93. The van der Waals surface area contributed by atoms with Gasteiger partial charge in [-0.3, -0.25) is 4.79 Å². The van der Waals surface area contributed by atoms with Gasteiger partial charge >= 0.3 is 0 Å². The van der Waals surface area contributed by atoms with Crippen LogP contribution in [0.1, 0.15) is 40.7 Å². The zero-order chi connectivity index (χ0) is 18.5. The van der Waals surface area contributed by atoms with Crippen LogP contribution in [0, 0.1) is 0 Å². The molecule has 0 bridgehead atoms. The number of methoxy groups -OCH3 is 1. The molecule has 0 saturated carbocycles. The first-order valence-electron chi connectivity index (χ1n) is 8.16. The van der Waals surface area contributed by atoms with Gasteiger partial charge in [0.1, 0.15) is 0 Å². The molecule has 134 valence electrons. The second-order valence-electron chi connectivity index (χ2n) is 5.96. The van der Waals surface area contributed by atoms with Crippen LogP contribution in [0.25, 0.3) is 11.3 Å². The molecule has 0 aliphatic rings. The van der Waals surface area contributed by atoms with Gasteiger partial charge in [0.25, 0.3) is 5.91 Å². The Labute approximate surface area is 155 Å². The largest absolute Gasteiger partial charge is 0.480 e. The fourth-order valence-electron chi connectivity index (χ4n) is 2.44. The minimum Gasteiger partial charge on any atom is -0.480 e. The van der Waals surface area contributed by atoms with E-state index in [4.69, 9.17) is 4.74 Å². The van der Waals surface area contributed by atoms with Crippen LogP contribution in [0.4, 0.5) is 0 Å². The van der Waals surface area contributed by atoms with E-state index in [0.29, 0.717) is 23.7 Å². The minimum atomic E-state index is -0.156. The van der Waals surface area contributed by atoms with Crippen molar-refractivity contribution in [2.24, 2.45) is 0 Å². The molecule has 0 atom stereocenters. The van der Waals surface area contributed by atoms with Gasteiger partial charge in [0.05, 0.1) is 29.9 Å². The molecule has 2 heterocycles. The van der Waals surface area contributed by atoms with Crippen LogP contribution >= 0.6 is 11.5 Å². The zero-order valence-electron chi connectivity index (χ0n) is 14.8. The number of hydrogen-bond acceptors (Lipinski definition) is 7. The van der Waals surface area contributed by atoms with Crippen molar-refractivity contribution in [2.45, 2.75) is 26.3 Å². The third-order valence-corrected chi connectivity index (χ3v) is 4.55. The maximum atomic E-state index is 12.5. The van der Waals surface area contributed by atoms with E-state index < -0.39 is 0 Å². The van der Waals surface area contributed by atoms with E-state index in [1.165, 1.54) is 18.6 Å². The number of carbonyl (C=O) groups excluding carboxylic acids is 1. The van der Waals surface area contributed by atoms with Gasteiger partial charge in [-0.05, 0) is 35.6 Å². The Morgan fingerprint density at radius 2 is 2.04 bits per heavy atom. The van der Waals surface area contributed by atoms with Gasteiger partial charge in [0.2, 0.25) is 5.88 Å². The molecule has 7 nitrogen and oxygen atoms in total. The van der Waals surface area contributed by atoms with Gasteiger partial charge in [-0.25, -0.2) is 0 Å². The minimum absolute atomic E-state index is 0.156. The lowest BCUT2D eigenvalue weighted by Gasteiger charge is -2.08. The van der Waals surface area contributed by atoms with E-state index in [2.05, 4.69) is 38.9 Å². The number of hydrogen-bond donors (Lipinski definition) is 1. The zero-order valence-corrected chi connectivity index (χ0v) is 15.6.